The molecule has 3 aromatic carbocycles. The van der Waals surface area contributed by atoms with E-state index in [0.717, 1.165) is 26.5 Å². The second-order valence-electron chi connectivity index (χ2n) is 7.56. The van der Waals surface area contributed by atoms with Crippen molar-refractivity contribution in [3.05, 3.63) is 97.5 Å². The van der Waals surface area contributed by atoms with E-state index in [9.17, 15) is 14.4 Å². The number of rotatable bonds is 6. The topological polar surface area (TPSA) is 72.9 Å². The maximum absolute atomic E-state index is 12.9. The number of halogens is 1. The van der Waals surface area contributed by atoms with Gasteiger partial charge in [-0.25, -0.2) is 4.79 Å². The first-order valence-corrected chi connectivity index (χ1v) is 12.2. The van der Waals surface area contributed by atoms with Crippen LogP contribution < -0.4 is 9.47 Å². The van der Waals surface area contributed by atoms with Crippen LogP contribution in [-0.4, -0.2) is 29.1 Å². The lowest BCUT2D eigenvalue weighted by molar-refractivity contribution is -0.123. The standard InChI is InChI=1S/C26H20INO5S/c1-16-3-8-19(9-4-16)25(30)33-22-13-18(7-12-21(22)32-2)14-23-24(29)28(26(31)34-23)15-17-5-10-20(27)11-6-17/h3-14H,15H2,1-2H3/b23-14-. The van der Waals surface area contributed by atoms with Gasteiger partial charge in [0.1, 0.15) is 0 Å². The Balaban J connectivity index is 1.54. The molecular weight excluding hydrogens is 565 g/mol. The molecule has 0 aromatic heterocycles. The number of carbonyl (C=O) groups is 3. The lowest BCUT2D eigenvalue weighted by atomic mass is 10.1. The summed E-state index contributed by atoms with van der Waals surface area (Å²) in [5.74, 6) is -0.278. The van der Waals surface area contributed by atoms with Crippen LogP contribution in [0.25, 0.3) is 6.08 Å². The first-order chi connectivity index (χ1) is 16.3. The smallest absolute Gasteiger partial charge is 0.343 e. The molecule has 4 rings (SSSR count). The zero-order valence-corrected chi connectivity index (χ0v) is 21.4. The zero-order chi connectivity index (χ0) is 24.2. The average Bonchev–Trinajstić information content (AvgIpc) is 3.08. The van der Waals surface area contributed by atoms with E-state index in [0.29, 0.717) is 21.8 Å². The molecule has 0 radical (unpaired) electrons. The molecule has 0 spiro atoms. The van der Waals surface area contributed by atoms with Crippen molar-refractivity contribution in [2.45, 2.75) is 13.5 Å². The van der Waals surface area contributed by atoms with Crippen molar-refractivity contribution in [3.8, 4) is 11.5 Å². The van der Waals surface area contributed by atoms with Crippen LogP contribution in [-0.2, 0) is 11.3 Å². The highest BCUT2D eigenvalue weighted by atomic mass is 127. The van der Waals surface area contributed by atoms with Gasteiger partial charge in [0.25, 0.3) is 11.1 Å². The maximum Gasteiger partial charge on any atom is 0.343 e. The van der Waals surface area contributed by atoms with E-state index in [1.165, 1.54) is 12.0 Å². The molecule has 34 heavy (non-hydrogen) atoms. The Kier molecular flexibility index (Phi) is 7.38. The number of nitrogens with zero attached hydrogens (tertiary/aromatic N) is 1. The monoisotopic (exact) mass is 585 g/mol. The number of benzene rings is 3. The molecule has 0 saturated carbocycles. The van der Waals surface area contributed by atoms with E-state index in [2.05, 4.69) is 22.6 Å². The molecule has 0 N–H and O–H groups in total. The number of thioether (sulfide) groups is 1. The molecule has 172 valence electrons. The highest BCUT2D eigenvalue weighted by Gasteiger charge is 2.35. The molecule has 0 bridgehead atoms. The van der Waals surface area contributed by atoms with Crippen molar-refractivity contribution in [2.24, 2.45) is 0 Å². The van der Waals surface area contributed by atoms with Gasteiger partial charge < -0.3 is 9.47 Å². The lowest BCUT2D eigenvalue weighted by Gasteiger charge is -2.12. The van der Waals surface area contributed by atoms with Gasteiger partial charge in [0.05, 0.1) is 24.1 Å². The number of ether oxygens (including phenoxy) is 2. The number of imide groups is 1. The van der Waals surface area contributed by atoms with E-state index in [4.69, 9.17) is 9.47 Å². The van der Waals surface area contributed by atoms with Crippen LogP contribution in [0.1, 0.15) is 27.0 Å². The largest absolute Gasteiger partial charge is 0.493 e. The number of methoxy groups -OCH3 is 1. The molecule has 0 aliphatic carbocycles. The minimum Gasteiger partial charge on any atom is -0.493 e. The van der Waals surface area contributed by atoms with Gasteiger partial charge in [-0.2, -0.15) is 0 Å². The summed E-state index contributed by atoms with van der Waals surface area (Å²) in [5.41, 5.74) is 2.92. The fourth-order valence-corrected chi connectivity index (χ4v) is 4.47. The van der Waals surface area contributed by atoms with Gasteiger partial charge in [-0.3, -0.25) is 14.5 Å². The Hall–Kier alpha value is -3.11. The number of amides is 2. The average molecular weight is 585 g/mol. The first-order valence-electron chi connectivity index (χ1n) is 10.3. The molecule has 1 aliphatic heterocycles. The minimum atomic E-state index is -0.520. The Morgan fingerprint density at radius 3 is 2.38 bits per heavy atom. The minimum absolute atomic E-state index is 0.209. The molecule has 8 heteroatoms. The summed E-state index contributed by atoms with van der Waals surface area (Å²) in [4.78, 5) is 39.5. The van der Waals surface area contributed by atoms with Crippen LogP contribution in [0.2, 0.25) is 0 Å². The zero-order valence-electron chi connectivity index (χ0n) is 18.4. The van der Waals surface area contributed by atoms with Gasteiger partial charge in [-0.15, -0.1) is 0 Å². The van der Waals surface area contributed by atoms with Crippen LogP contribution in [0, 0.1) is 10.5 Å². The second-order valence-corrected chi connectivity index (χ2v) is 9.80. The third-order valence-corrected chi connectivity index (χ3v) is 6.73. The van der Waals surface area contributed by atoms with Crippen LogP contribution in [0.3, 0.4) is 0 Å². The Bertz CT molecular complexity index is 1290. The molecule has 0 unspecified atom stereocenters. The summed E-state index contributed by atoms with van der Waals surface area (Å²) in [6.07, 6.45) is 1.61. The third kappa shape index (κ3) is 5.51. The molecule has 0 atom stereocenters. The maximum atomic E-state index is 12.9. The number of carbonyl (C=O) groups excluding carboxylic acids is 3. The number of aryl methyl sites for hydroxylation is 1. The van der Waals surface area contributed by atoms with Crippen LogP contribution >= 0.6 is 34.4 Å². The summed E-state index contributed by atoms with van der Waals surface area (Å²) < 4.78 is 12.0. The van der Waals surface area contributed by atoms with Gasteiger partial charge in [0.15, 0.2) is 11.5 Å². The lowest BCUT2D eigenvalue weighted by Crippen LogP contribution is -2.27. The fourth-order valence-electron chi connectivity index (χ4n) is 3.27. The van der Waals surface area contributed by atoms with Crippen molar-refractivity contribution in [3.63, 3.8) is 0 Å². The molecule has 1 saturated heterocycles. The van der Waals surface area contributed by atoms with Crippen LogP contribution in [0.15, 0.2) is 71.6 Å². The Morgan fingerprint density at radius 2 is 1.71 bits per heavy atom. The van der Waals surface area contributed by atoms with Gasteiger partial charge >= 0.3 is 5.97 Å². The van der Waals surface area contributed by atoms with Crippen molar-refractivity contribution < 1.29 is 23.9 Å². The van der Waals surface area contributed by atoms with Crippen molar-refractivity contribution >= 4 is 57.5 Å². The number of hydrogen-bond donors (Lipinski definition) is 0. The predicted octanol–water partition coefficient (Wildman–Crippen LogP) is 6.06. The Labute approximate surface area is 215 Å². The second kappa shape index (κ2) is 10.4. The van der Waals surface area contributed by atoms with E-state index >= 15 is 0 Å². The normalized spacial score (nSPS) is 14.6. The van der Waals surface area contributed by atoms with Crippen LogP contribution in [0.4, 0.5) is 4.79 Å². The summed E-state index contributed by atoms with van der Waals surface area (Å²) in [6.45, 7) is 2.14. The number of esters is 1. The van der Waals surface area contributed by atoms with E-state index in [1.54, 1.807) is 36.4 Å². The molecule has 1 heterocycles. The third-order valence-electron chi connectivity index (χ3n) is 5.10. The quantitative estimate of drug-likeness (QED) is 0.152. The summed E-state index contributed by atoms with van der Waals surface area (Å²) >= 11 is 3.09. The van der Waals surface area contributed by atoms with E-state index < -0.39 is 5.97 Å². The van der Waals surface area contributed by atoms with Crippen molar-refractivity contribution in [2.75, 3.05) is 7.11 Å². The SMILES string of the molecule is COc1ccc(/C=C2\SC(=O)N(Cc3ccc(I)cc3)C2=O)cc1OC(=O)c1ccc(C)cc1. The molecule has 1 fully saturated rings. The fraction of sp³-hybridized carbons (Fsp3) is 0.115. The molecule has 2 amide bonds. The predicted molar refractivity (Wildman–Crippen MR) is 140 cm³/mol. The molecular formula is C26H20INO5S. The van der Waals surface area contributed by atoms with Gasteiger partial charge in [0, 0.05) is 3.57 Å². The van der Waals surface area contributed by atoms with E-state index in [1.807, 2.05) is 43.3 Å². The highest BCUT2D eigenvalue weighted by molar-refractivity contribution is 14.1. The molecule has 3 aromatic rings. The van der Waals surface area contributed by atoms with Crippen molar-refractivity contribution in [1.29, 1.82) is 0 Å². The van der Waals surface area contributed by atoms with Crippen molar-refractivity contribution in [1.82, 2.24) is 4.90 Å². The summed E-state index contributed by atoms with van der Waals surface area (Å²) in [7, 11) is 1.48. The summed E-state index contributed by atoms with van der Waals surface area (Å²) in [5, 5.41) is -0.325. The van der Waals surface area contributed by atoms with Gasteiger partial charge in [-0.05, 0) is 94.9 Å². The molecule has 6 nitrogen and oxygen atoms in total. The summed E-state index contributed by atoms with van der Waals surface area (Å²) in [6, 6.07) is 19.7. The van der Waals surface area contributed by atoms with E-state index in [-0.39, 0.29) is 23.4 Å². The van der Waals surface area contributed by atoms with Gasteiger partial charge in [0.2, 0.25) is 0 Å². The van der Waals surface area contributed by atoms with Crippen LogP contribution in [0.5, 0.6) is 11.5 Å². The van der Waals surface area contributed by atoms with Gasteiger partial charge in [-0.1, -0.05) is 35.9 Å². The molecule has 1 aliphatic rings. The number of hydrogen-bond acceptors (Lipinski definition) is 6. The first kappa shape index (κ1) is 24.0. The highest BCUT2D eigenvalue weighted by Crippen LogP contribution is 2.35. The Morgan fingerprint density at radius 1 is 1.00 bits per heavy atom.